The highest BCUT2D eigenvalue weighted by molar-refractivity contribution is 5.72. The van der Waals surface area contributed by atoms with Crippen LogP contribution in [-0.2, 0) is 16.2 Å². The monoisotopic (exact) mass is 311 g/mol. The van der Waals surface area contributed by atoms with Gasteiger partial charge in [-0.1, -0.05) is 0 Å². The van der Waals surface area contributed by atoms with Crippen molar-refractivity contribution in [1.29, 1.82) is 0 Å². The molecule has 0 aliphatic carbocycles. The van der Waals surface area contributed by atoms with E-state index in [0.717, 1.165) is 25.9 Å². The fraction of sp³-hybridized carbons (Fsp3) is 0.714. The molecule has 0 bridgehead atoms. The minimum atomic E-state index is -0.378. The Labute approximate surface area is 129 Å². The highest BCUT2D eigenvalue weighted by Gasteiger charge is 2.30. The lowest BCUT2D eigenvalue weighted by Gasteiger charge is -2.28. The zero-order valence-electron chi connectivity index (χ0n) is 13.3. The zero-order chi connectivity index (χ0) is 16.3. The Bertz CT molecular complexity index is 561. The Hall–Kier alpha value is -1.96. The van der Waals surface area contributed by atoms with Gasteiger partial charge < -0.3 is 9.64 Å². The minimum absolute atomic E-state index is 0.0153. The molecule has 0 amide bonds. The SMILES string of the molecule is CCOC(=O)C1CC[NH+](Cn2nc(C)c([N+](=O)[O-])c2C)CC1. The third-order valence-corrected chi connectivity index (χ3v) is 4.21. The summed E-state index contributed by atoms with van der Waals surface area (Å²) in [5.74, 6) is -0.123. The zero-order valence-corrected chi connectivity index (χ0v) is 13.3. The number of hydrogen-bond donors (Lipinski definition) is 1. The van der Waals surface area contributed by atoms with Crippen molar-refractivity contribution in [3.05, 3.63) is 21.5 Å². The summed E-state index contributed by atoms with van der Waals surface area (Å²) in [6.45, 7) is 7.89. The molecule has 0 atom stereocenters. The summed E-state index contributed by atoms with van der Waals surface area (Å²) in [4.78, 5) is 23.6. The second-order valence-electron chi connectivity index (χ2n) is 5.71. The molecule has 2 rings (SSSR count). The Morgan fingerprint density at radius 1 is 1.45 bits per heavy atom. The van der Waals surface area contributed by atoms with E-state index >= 15 is 0 Å². The number of esters is 1. The minimum Gasteiger partial charge on any atom is -0.466 e. The number of piperidine rings is 1. The number of likely N-dealkylation sites (tertiary alicyclic amines) is 1. The summed E-state index contributed by atoms with van der Waals surface area (Å²) in [5.41, 5.74) is 1.13. The lowest BCUT2D eigenvalue weighted by molar-refractivity contribution is -0.929. The summed E-state index contributed by atoms with van der Waals surface area (Å²) < 4.78 is 6.76. The van der Waals surface area contributed by atoms with Gasteiger partial charge in [0.15, 0.2) is 6.67 Å². The largest absolute Gasteiger partial charge is 0.466 e. The van der Waals surface area contributed by atoms with Crippen molar-refractivity contribution in [1.82, 2.24) is 9.78 Å². The van der Waals surface area contributed by atoms with E-state index in [1.807, 2.05) is 6.92 Å². The molecule has 0 radical (unpaired) electrons. The van der Waals surface area contributed by atoms with Crippen molar-refractivity contribution in [3.8, 4) is 0 Å². The van der Waals surface area contributed by atoms with E-state index in [-0.39, 0.29) is 22.5 Å². The van der Waals surface area contributed by atoms with Crippen molar-refractivity contribution in [2.75, 3.05) is 19.7 Å². The highest BCUT2D eigenvalue weighted by atomic mass is 16.6. The van der Waals surface area contributed by atoms with Crippen LogP contribution in [0.15, 0.2) is 0 Å². The second kappa shape index (κ2) is 6.87. The molecular weight excluding hydrogens is 288 g/mol. The topological polar surface area (TPSA) is 91.7 Å². The molecule has 1 fully saturated rings. The number of ether oxygens (including phenoxy) is 1. The molecule has 0 aromatic carbocycles. The highest BCUT2D eigenvalue weighted by Crippen LogP contribution is 2.21. The summed E-state index contributed by atoms with van der Waals surface area (Å²) in [5, 5.41) is 15.3. The van der Waals surface area contributed by atoms with Crippen LogP contribution in [-0.4, -0.2) is 40.4 Å². The Morgan fingerprint density at radius 3 is 2.59 bits per heavy atom. The number of nitrogens with one attached hydrogen (secondary N) is 1. The van der Waals surface area contributed by atoms with E-state index in [0.29, 0.717) is 24.7 Å². The van der Waals surface area contributed by atoms with Gasteiger partial charge in [-0.05, 0) is 20.8 Å². The fourth-order valence-electron chi connectivity index (χ4n) is 3.00. The first-order valence-electron chi connectivity index (χ1n) is 7.62. The standard InChI is InChI=1S/C14H22N4O4/c1-4-22-14(19)12-5-7-16(8-6-12)9-17-11(3)13(18(20)21)10(2)15-17/h12H,4-9H2,1-3H3/p+1. The molecule has 8 heteroatoms. The van der Waals surface area contributed by atoms with E-state index in [4.69, 9.17) is 4.74 Å². The lowest BCUT2D eigenvalue weighted by Crippen LogP contribution is -3.12. The van der Waals surface area contributed by atoms with Gasteiger partial charge in [0.25, 0.3) is 0 Å². The number of nitrogens with zero attached hydrogens (tertiary/aromatic N) is 3. The van der Waals surface area contributed by atoms with Crippen LogP contribution in [0.1, 0.15) is 31.2 Å². The van der Waals surface area contributed by atoms with Crippen LogP contribution >= 0.6 is 0 Å². The molecule has 1 aromatic rings. The van der Waals surface area contributed by atoms with Crippen LogP contribution in [0.2, 0.25) is 0 Å². The molecule has 8 nitrogen and oxygen atoms in total. The first-order chi connectivity index (χ1) is 10.4. The van der Waals surface area contributed by atoms with Crippen LogP contribution in [0, 0.1) is 29.9 Å². The Morgan fingerprint density at radius 2 is 2.09 bits per heavy atom. The molecule has 1 aliphatic heterocycles. The third kappa shape index (κ3) is 3.44. The van der Waals surface area contributed by atoms with Crippen molar-refractivity contribution < 1.29 is 19.4 Å². The van der Waals surface area contributed by atoms with Gasteiger partial charge in [0, 0.05) is 12.8 Å². The fourth-order valence-corrected chi connectivity index (χ4v) is 3.00. The molecule has 1 N–H and O–H groups in total. The summed E-state index contributed by atoms with van der Waals surface area (Å²) >= 11 is 0. The van der Waals surface area contributed by atoms with Crippen molar-refractivity contribution in [2.45, 2.75) is 40.3 Å². The van der Waals surface area contributed by atoms with Crippen LogP contribution < -0.4 is 4.90 Å². The predicted molar refractivity (Wildman–Crippen MR) is 78.4 cm³/mol. The normalized spacial score (nSPS) is 21.6. The molecule has 0 unspecified atom stereocenters. The summed E-state index contributed by atoms with van der Waals surface area (Å²) in [6.07, 6.45) is 1.57. The van der Waals surface area contributed by atoms with Crippen LogP contribution in [0.5, 0.6) is 0 Å². The number of quaternary nitrogens is 1. The van der Waals surface area contributed by atoms with E-state index in [2.05, 4.69) is 5.10 Å². The third-order valence-electron chi connectivity index (χ3n) is 4.21. The maximum atomic E-state index is 11.7. The summed E-state index contributed by atoms with van der Waals surface area (Å²) in [7, 11) is 0. The van der Waals surface area contributed by atoms with Crippen LogP contribution in [0.4, 0.5) is 5.69 Å². The first kappa shape index (κ1) is 16.4. The van der Waals surface area contributed by atoms with Gasteiger partial charge in [0.2, 0.25) is 0 Å². The molecule has 1 aromatic heterocycles. The first-order valence-corrected chi connectivity index (χ1v) is 7.62. The molecule has 1 aliphatic rings. The van der Waals surface area contributed by atoms with Crippen molar-refractivity contribution >= 4 is 11.7 Å². The van der Waals surface area contributed by atoms with Gasteiger partial charge in [-0.2, -0.15) is 5.10 Å². The maximum Gasteiger partial charge on any atom is 0.312 e. The number of aryl methyl sites for hydroxylation is 1. The number of carbonyl (C=O) groups excluding carboxylic acids is 1. The molecule has 0 saturated carbocycles. The van der Waals surface area contributed by atoms with Gasteiger partial charge in [0.1, 0.15) is 11.4 Å². The van der Waals surface area contributed by atoms with Crippen molar-refractivity contribution in [3.63, 3.8) is 0 Å². The van der Waals surface area contributed by atoms with Gasteiger partial charge in [-0.3, -0.25) is 14.9 Å². The average molecular weight is 311 g/mol. The smallest absolute Gasteiger partial charge is 0.312 e. The molecular formula is C14H23N4O4+. The molecule has 22 heavy (non-hydrogen) atoms. The average Bonchev–Trinajstić information content (AvgIpc) is 2.74. The van der Waals surface area contributed by atoms with E-state index in [1.54, 1.807) is 18.5 Å². The quantitative estimate of drug-likeness (QED) is 0.477. The number of carbonyl (C=O) groups is 1. The molecule has 0 spiro atoms. The van der Waals surface area contributed by atoms with Crippen LogP contribution in [0.25, 0.3) is 0 Å². The van der Waals surface area contributed by atoms with Gasteiger partial charge in [-0.25, -0.2) is 4.68 Å². The van der Waals surface area contributed by atoms with E-state index in [9.17, 15) is 14.9 Å². The number of rotatable bonds is 5. The number of aromatic nitrogens is 2. The molecule has 1 saturated heterocycles. The number of hydrogen-bond acceptors (Lipinski definition) is 5. The van der Waals surface area contributed by atoms with E-state index in [1.165, 1.54) is 4.90 Å². The van der Waals surface area contributed by atoms with Gasteiger partial charge in [0.05, 0.1) is 30.5 Å². The number of nitro groups is 1. The van der Waals surface area contributed by atoms with E-state index < -0.39 is 0 Å². The molecule has 122 valence electrons. The summed E-state index contributed by atoms with van der Waals surface area (Å²) in [6, 6.07) is 0. The van der Waals surface area contributed by atoms with Crippen LogP contribution in [0.3, 0.4) is 0 Å². The predicted octanol–water partition coefficient (Wildman–Crippen LogP) is 0.224. The van der Waals surface area contributed by atoms with Gasteiger partial charge >= 0.3 is 11.7 Å². The maximum absolute atomic E-state index is 11.7. The molecule has 2 heterocycles. The Balaban J connectivity index is 1.95. The van der Waals surface area contributed by atoms with Gasteiger partial charge in [-0.15, -0.1) is 0 Å². The lowest BCUT2D eigenvalue weighted by atomic mass is 9.97. The van der Waals surface area contributed by atoms with Crippen molar-refractivity contribution in [2.24, 2.45) is 5.92 Å². The Kier molecular flexibility index (Phi) is 5.12. The second-order valence-corrected chi connectivity index (χ2v) is 5.71.